The van der Waals surface area contributed by atoms with E-state index >= 15 is 0 Å². The Morgan fingerprint density at radius 2 is 2.24 bits per heavy atom. The van der Waals surface area contributed by atoms with Crippen molar-refractivity contribution in [3.05, 3.63) is 24.7 Å². The van der Waals surface area contributed by atoms with Crippen LogP contribution in [0.3, 0.4) is 0 Å². The largest absolute Gasteiger partial charge is 0.493 e. The van der Waals surface area contributed by atoms with Gasteiger partial charge in [-0.1, -0.05) is 0 Å². The fourth-order valence-electron chi connectivity index (χ4n) is 1.71. The second kappa shape index (κ2) is 3.48. The first-order valence-corrected chi connectivity index (χ1v) is 4.97. The quantitative estimate of drug-likeness (QED) is 0.676. The number of methoxy groups -OCH3 is 1. The summed E-state index contributed by atoms with van der Waals surface area (Å²) in [5.41, 5.74) is 7.25. The van der Waals surface area contributed by atoms with Gasteiger partial charge < -0.3 is 15.5 Å². The number of ether oxygens (including phenoxy) is 1. The predicted molar refractivity (Wildman–Crippen MR) is 61.5 cm³/mol. The fraction of sp³-hybridized carbons (Fsp3) is 0.100. The summed E-state index contributed by atoms with van der Waals surface area (Å²) in [5, 5.41) is 8.16. The summed E-state index contributed by atoms with van der Waals surface area (Å²) in [6.07, 6.45) is 3.24. The number of nitrogens with one attached hydrogen (secondary N) is 1. The molecule has 0 saturated heterocycles. The molecule has 86 valence electrons. The SMILES string of the molecule is COc1ccc(N)n2c(-c3cnc[nH]3)nnc12. The lowest BCUT2D eigenvalue weighted by atomic mass is 10.4. The van der Waals surface area contributed by atoms with Crippen LogP contribution in [0.2, 0.25) is 0 Å². The molecule has 0 aromatic carbocycles. The van der Waals surface area contributed by atoms with Crippen molar-refractivity contribution in [1.29, 1.82) is 0 Å². The van der Waals surface area contributed by atoms with Crippen LogP contribution in [-0.2, 0) is 0 Å². The minimum atomic E-state index is 0.537. The number of H-pyrrole nitrogens is 1. The average molecular weight is 230 g/mol. The van der Waals surface area contributed by atoms with E-state index in [2.05, 4.69) is 20.2 Å². The second-order valence-corrected chi connectivity index (χ2v) is 3.47. The van der Waals surface area contributed by atoms with Gasteiger partial charge in [0.2, 0.25) is 5.65 Å². The van der Waals surface area contributed by atoms with Gasteiger partial charge in [-0.05, 0) is 12.1 Å². The van der Waals surface area contributed by atoms with E-state index in [0.29, 0.717) is 23.0 Å². The smallest absolute Gasteiger partial charge is 0.205 e. The molecule has 0 saturated carbocycles. The number of nitrogen functional groups attached to an aromatic ring is 1. The normalized spacial score (nSPS) is 10.9. The number of nitrogens with zero attached hydrogens (tertiary/aromatic N) is 4. The number of imidazole rings is 1. The molecule has 7 heteroatoms. The molecule has 0 fully saturated rings. The number of aromatic amines is 1. The monoisotopic (exact) mass is 230 g/mol. The van der Waals surface area contributed by atoms with Crippen LogP contribution in [0.25, 0.3) is 17.2 Å². The fourth-order valence-corrected chi connectivity index (χ4v) is 1.71. The van der Waals surface area contributed by atoms with Gasteiger partial charge in [-0.25, -0.2) is 4.98 Å². The van der Waals surface area contributed by atoms with E-state index in [1.807, 2.05) is 0 Å². The summed E-state index contributed by atoms with van der Waals surface area (Å²) >= 11 is 0. The van der Waals surface area contributed by atoms with Gasteiger partial charge >= 0.3 is 0 Å². The summed E-state index contributed by atoms with van der Waals surface area (Å²) in [7, 11) is 1.58. The van der Waals surface area contributed by atoms with E-state index in [-0.39, 0.29) is 0 Å². The van der Waals surface area contributed by atoms with Crippen LogP contribution in [0.15, 0.2) is 24.7 Å². The molecule has 0 radical (unpaired) electrons. The highest BCUT2D eigenvalue weighted by molar-refractivity contribution is 5.65. The van der Waals surface area contributed by atoms with Crippen LogP contribution < -0.4 is 10.5 Å². The van der Waals surface area contributed by atoms with Gasteiger partial charge in [-0.2, -0.15) is 0 Å². The van der Waals surface area contributed by atoms with Crippen LogP contribution in [0, 0.1) is 0 Å². The number of aromatic nitrogens is 5. The molecule has 3 rings (SSSR count). The van der Waals surface area contributed by atoms with Gasteiger partial charge in [0.1, 0.15) is 11.5 Å². The van der Waals surface area contributed by atoms with E-state index in [1.165, 1.54) is 0 Å². The number of hydrogen-bond acceptors (Lipinski definition) is 5. The third-order valence-corrected chi connectivity index (χ3v) is 2.51. The first-order valence-electron chi connectivity index (χ1n) is 4.97. The van der Waals surface area contributed by atoms with Crippen molar-refractivity contribution < 1.29 is 4.74 Å². The van der Waals surface area contributed by atoms with Crippen molar-refractivity contribution >= 4 is 11.5 Å². The minimum absolute atomic E-state index is 0.537. The number of fused-ring (bicyclic) bond motifs is 1. The van der Waals surface area contributed by atoms with E-state index in [4.69, 9.17) is 10.5 Å². The molecule has 0 bridgehead atoms. The maximum absolute atomic E-state index is 5.92. The Kier molecular flexibility index (Phi) is 1.97. The van der Waals surface area contributed by atoms with Crippen molar-refractivity contribution in [2.45, 2.75) is 0 Å². The van der Waals surface area contributed by atoms with Gasteiger partial charge in [-0.15, -0.1) is 10.2 Å². The van der Waals surface area contributed by atoms with Crippen LogP contribution in [0.5, 0.6) is 5.75 Å². The molecule has 3 aromatic heterocycles. The Hall–Kier alpha value is -2.57. The lowest BCUT2D eigenvalue weighted by Gasteiger charge is -2.05. The molecule has 0 atom stereocenters. The molecule has 3 N–H and O–H groups in total. The number of hydrogen-bond donors (Lipinski definition) is 2. The highest BCUT2D eigenvalue weighted by Crippen LogP contribution is 2.25. The van der Waals surface area contributed by atoms with E-state index in [1.54, 1.807) is 36.2 Å². The molecule has 3 heterocycles. The Labute approximate surface area is 96.3 Å². The number of anilines is 1. The second-order valence-electron chi connectivity index (χ2n) is 3.47. The van der Waals surface area contributed by atoms with Crippen molar-refractivity contribution in [2.75, 3.05) is 12.8 Å². The standard InChI is InChI=1S/C10H10N6O/c1-17-7-2-3-8(11)16-9(14-15-10(7)16)6-4-12-5-13-6/h2-5H,11H2,1H3,(H,12,13). The van der Waals surface area contributed by atoms with Gasteiger partial charge in [0.05, 0.1) is 19.6 Å². The predicted octanol–water partition coefficient (Wildman–Crippen LogP) is 0.710. The zero-order valence-electron chi connectivity index (χ0n) is 9.08. The maximum atomic E-state index is 5.92. The molecular weight excluding hydrogens is 220 g/mol. The zero-order chi connectivity index (χ0) is 11.8. The van der Waals surface area contributed by atoms with Crippen molar-refractivity contribution in [1.82, 2.24) is 24.6 Å². The van der Waals surface area contributed by atoms with Crippen molar-refractivity contribution in [3.8, 4) is 17.3 Å². The average Bonchev–Trinajstić information content (AvgIpc) is 2.98. The number of rotatable bonds is 2. The van der Waals surface area contributed by atoms with Crippen LogP contribution in [0.4, 0.5) is 5.82 Å². The van der Waals surface area contributed by atoms with Gasteiger partial charge in [0.25, 0.3) is 0 Å². The topological polar surface area (TPSA) is 94.1 Å². The molecule has 0 aliphatic heterocycles. The van der Waals surface area contributed by atoms with Crippen LogP contribution in [-0.4, -0.2) is 31.7 Å². The molecule has 17 heavy (non-hydrogen) atoms. The third kappa shape index (κ3) is 1.32. The molecule has 0 spiro atoms. The summed E-state index contributed by atoms with van der Waals surface area (Å²) in [6.45, 7) is 0. The molecule has 0 amide bonds. The van der Waals surface area contributed by atoms with Crippen molar-refractivity contribution in [2.24, 2.45) is 0 Å². The molecule has 7 nitrogen and oxygen atoms in total. The van der Waals surface area contributed by atoms with Crippen molar-refractivity contribution in [3.63, 3.8) is 0 Å². The first kappa shape index (κ1) is 9.64. The summed E-state index contributed by atoms with van der Waals surface area (Å²) in [4.78, 5) is 6.91. The number of pyridine rings is 1. The molecule has 0 aliphatic rings. The number of nitrogens with two attached hydrogens (primary N) is 1. The molecule has 0 aliphatic carbocycles. The van der Waals surface area contributed by atoms with E-state index in [0.717, 1.165) is 5.69 Å². The van der Waals surface area contributed by atoms with Crippen LogP contribution in [0.1, 0.15) is 0 Å². The first-order chi connectivity index (χ1) is 8.31. The summed E-state index contributed by atoms with van der Waals surface area (Å²) < 4.78 is 6.92. The molecule has 0 unspecified atom stereocenters. The Morgan fingerprint density at radius 1 is 1.35 bits per heavy atom. The lowest BCUT2D eigenvalue weighted by molar-refractivity contribution is 0.417. The Bertz CT molecular complexity index is 657. The highest BCUT2D eigenvalue weighted by Gasteiger charge is 2.14. The van der Waals surface area contributed by atoms with E-state index < -0.39 is 0 Å². The summed E-state index contributed by atoms with van der Waals surface area (Å²) in [5.74, 6) is 1.77. The molecular formula is C10H10N6O. The highest BCUT2D eigenvalue weighted by atomic mass is 16.5. The van der Waals surface area contributed by atoms with Gasteiger partial charge in [0, 0.05) is 0 Å². The summed E-state index contributed by atoms with van der Waals surface area (Å²) in [6, 6.07) is 3.51. The zero-order valence-corrected chi connectivity index (χ0v) is 9.08. The third-order valence-electron chi connectivity index (χ3n) is 2.51. The maximum Gasteiger partial charge on any atom is 0.205 e. The Balaban J connectivity index is 2.35. The lowest BCUT2D eigenvalue weighted by Crippen LogP contribution is -2.00. The molecule has 3 aromatic rings. The van der Waals surface area contributed by atoms with Crippen LogP contribution >= 0.6 is 0 Å². The Morgan fingerprint density at radius 3 is 2.94 bits per heavy atom. The minimum Gasteiger partial charge on any atom is -0.493 e. The van der Waals surface area contributed by atoms with Gasteiger partial charge in [-0.3, -0.25) is 4.40 Å². The van der Waals surface area contributed by atoms with E-state index in [9.17, 15) is 0 Å². The van der Waals surface area contributed by atoms with Gasteiger partial charge in [0.15, 0.2) is 11.6 Å².